The average molecular weight is 333 g/mol. The number of halogens is 1. The molecule has 0 aliphatic heterocycles. The highest BCUT2D eigenvalue weighted by atomic mass is 19.1. The number of carbonyl (C=O) groups is 2. The summed E-state index contributed by atoms with van der Waals surface area (Å²) < 4.78 is 18.6. The number of carbonyl (C=O) groups excluding carboxylic acids is 2. The fraction of sp³-hybridized carbons (Fsp3) is 0.353. The van der Waals surface area contributed by atoms with Crippen molar-refractivity contribution in [2.75, 3.05) is 5.32 Å². The first kappa shape index (κ1) is 17.7. The molecule has 0 unspecified atom stereocenters. The molecule has 2 aromatic rings. The molecular weight excluding hydrogens is 313 g/mol. The van der Waals surface area contributed by atoms with Crippen LogP contribution in [0.4, 0.5) is 10.2 Å². The van der Waals surface area contributed by atoms with Gasteiger partial charge in [-0.15, -0.1) is 0 Å². The number of aryl methyl sites for hydroxylation is 1. The van der Waals surface area contributed by atoms with Crippen molar-refractivity contribution in [3.63, 3.8) is 0 Å². The Morgan fingerprint density at radius 1 is 1.29 bits per heavy atom. The summed E-state index contributed by atoms with van der Waals surface area (Å²) in [5.41, 5.74) is -0.101. The van der Waals surface area contributed by atoms with Crippen LogP contribution in [0.5, 0.6) is 0 Å². The molecule has 2 N–H and O–H groups in total. The van der Waals surface area contributed by atoms with Gasteiger partial charge in [-0.2, -0.15) is 0 Å². The van der Waals surface area contributed by atoms with E-state index in [1.807, 2.05) is 13.8 Å². The number of nitrogens with one attached hydrogen (secondary N) is 2. The summed E-state index contributed by atoms with van der Waals surface area (Å²) in [5, 5.41) is 8.86. The maximum atomic E-state index is 13.7. The van der Waals surface area contributed by atoms with E-state index in [0.717, 1.165) is 0 Å². The van der Waals surface area contributed by atoms with Crippen LogP contribution in [-0.2, 0) is 4.79 Å². The second kappa shape index (κ2) is 7.72. The van der Waals surface area contributed by atoms with Crippen molar-refractivity contribution in [1.82, 2.24) is 10.5 Å². The number of hydrogen-bond donors (Lipinski definition) is 2. The van der Waals surface area contributed by atoms with Gasteiger partial charge in [0.2, 0.25) is 5.91 Å². The molecule has 2 amide bonds. The van der Waals surface area contributed by atoms with Crippen LogP contribution in [0.2, 0.25) is 0 Å². The third-order valence-electron chi connectivity index (χ3n) is 3.33. The Labute approximate surface area is 139 Å². The largest absolute Gasteiger partial charge is 0.360 e. The van der Waals surface area contributed by atoms with E-state index in [-0.39, 0.29) is 17.3 Å². The van der Waals surface area contributed by atoms with Crippen molar-refractivity contribution in [2.24, 2.45) is 5.92 Å². The number of nitrogens with zero attached hydrogens (tertiary/aromatic N) is 1. The third kappa shape index (κ3) is 4.65. The minimum atomic E-state index is -0.811. The van der Waals surface area contributed by atoms with Gasteiger partial charge in [0.05, 0.1) is 5.56 Å². The first-order chi connectivity index (χ1) is 11.4. The van der Waals surface area contributed by atoms with Crippen LogP contribution in [0, 0.1) is 18.7 Å². The van der Waals surface area contributed by atoms with Gasteiger partial charge in [0, 0.05) is 6.07 Å². The molecule has 1 atom stereocenters. The van der Waals surface area contributed by atoms with Gasteiger partial charge in [0.15, 0.2) is 5.82 Å². The van der Waals surface area contributed by atoms with Crippen LogP contribution in [0.3, 0.4) is 0 Å². The van der Waals surface area contributed by atoms with Crippen molar-refractivity contribution in [1.29, 1.82) is 0 Å². The maximum Gasteiger partial charge on any atom is 0.254 e. The minimum absolute atomic E-state index is 0.101. The van der Waals surface area contributed by atoms with Gasteiger partial charge in [-0.25, -0.2) is 4.39 Å². The van der Waals surface area contributed by atoms with Crippen LogP contribution in [0.15, 0.2) is 34.9 Å². The van der Waals surface area contributed by atoms with Gasteiger partial charge < -0.3 is 15.2 Å². The lowest BCUT2D eigenvalue weighted by Gasteiger charge is -2.19. The number of hydrogen-bond acceptors (Lipinski definition) is 4. The summed E-state index contributed by atoms with van der Waals surface area (Å²) in [5.74, 6) is -0.717. The molecule has 1 aromatic heterocycles. The maximum absolute atomic E-state index is 13.7. The van der Waals surface area contributed by atoms with Crippen molar-refractivity contribution in [2.45, 2.75) is 33.2 Å². The van der Waals surface area contributed by atoms with E-state index in [9.17, 15) is 14.0 Å². The van der Waals surface area contributed by atoms with E-state index in [0.29, 0.717) is 12.2 Å². The number of aromatic nitrogens is 1. The summed E-state index contributed by atoms with van der Waals surface area (Å²) in [4.78, 5) is 24.7. The van der Waals surface area contributed by atoms with Gasteiger partial charge in [0.1, 0.15) is 17.6 Å². The number of anilines is 1. The van der Waals surface area contributed by atoms with Crippen molar-refractivity contribution in [3.8, 4) is 0 Å². The Morgan fingerprint density at radius 2 is 2.00 bits per heavy atom. The zero-order valence-electron chi connectivity index (χ0n) is 13.8. The van der Waals surface area contributed by atoms with E-state index < -0.39 is 23.7 Å². The lowest BCUT2D eigenvalue weighted by atomic mass is 10.0. The SMILES string of the molecule is Cc1cc(NC(=O)[C@@H](CC(C)C)NC(=O)c2ccccc2F)no1. The topological polar surface area (TPSA) is 84.2 Å². The van der Waals surface area contributed by atoms with Crippen LogP contribution in [0.1, 0.15) is 36.4 Å². The van der Waals surface area contributed by atoms with Crippen molar-refractivity contribution < 1.29 is 18.5 Å². The van der Waals surface area contributed by atoms with E-state index in [1.165, 1.54) is 18.2 Å². The molecule has 0 spiro atoms. The Bertz CT molecular complexity index is 727. The molecule has 24 heavy (non-hydrogen) atoms. The summed E-state index contributed by atoms with van der Waals surface area (Å²) in [6, 6.07) is 6.39. The quantitative estimate of drug-likeness (QED) is 0.851. The fourth-order valence-electron chi connectivity index (χ4n) is 2.22. The number of amides is 2. The molecule has 128 valence electrons. The molecule has 2 rings (SSSR count). The Hall–Kier alpha value is -2.70. The van der Waals surface area contributed by atoms with Gasteiger partial charge in [-0.1, -0.05) is 31.1 Å². The predicted molar refractivity (Wildman–Crippen MR) is 87.0 cm³/mol. The molecule has 6 nitrogen and oxygen atoms in total. The molecule has 1 heterocycles. The standard InChI is InChI=1S/C17H20FN3O3/c1-10(2)8-14(17(23)20-15-9-11(3)24-21-15)19-16(22)12-6-4-5-7-13(12)18/h4-7,9-10,14H,8H2,1-3H3,(H,19,22)(H,20,21,23)/t14-/m1/s1. The van der Waals surface area contributed by atoms with Crippen LogP contribution < -0.4 is 10.6 Å². The minimum Gasteiger partial charge on any atom is -0.360 e. The van der Waals surface area contributed by atoms with E-state index >= 15 is 0 Å². The monoisotopic (exact) mass is 333 g/mol. The van der Waals surface area contributed by atoms with Gasteiger partial charge in [-0.05, 0) is 31.4 Å². The predicted octanol–water partition coefficient (Wildman–Crippen LogP) is 2.91. The molecule has 7 heteroatoms. The highest BCUT2D eigenvalue weighted by Crippen LogP contribution is 2.12. The molecule has 0 aliphatic carbocycles. The smallest absolute Gasteiger partial charge is 0.254 e. The van der Waals surface area contributed by atoms with E-state index in [2.05, 4.69) is 15.8 Å². The zero-order valence-corrected chi connectivity index (χ0v) is 13.8. The van der Waals surface area contributed by atoms with Gasteiger partial charge >= 0.3 is 0 Å². The summed E-state index contributed by atoms with van der Waals surface area (Å²) in [6.45, 7) is 5.56. The average Bonchev–Trinajstić information content (AvgIpc) is 2.91. The second-order valence-corrected chi connectivity index (χ2v) is 5.95. The first-order valence-corrected chi connectivity index (χ1v) is 7.66. The fourth-order valence-corrected chi connectivity index (χ4v) is 2.22. The van der Waals surface area contributed by atoms with Crippen molar-refractivity contribution in [3.05, 3.63) is 47.5 Å². The first-order valence-electron chi connectivity index (χ1n) is 7.66. The molecular formula is C17H20FN3O3. The molecule has 0 radical (unpaired) electrons. The highest BCUT2D eigenvalue weighted by molar-refractivity contribution is 6.00. The Kier molecular flexibility index (Phi) is 5.68. The lowest BCUT2D eigenvalue weighted by molar-refractivity contribution is -0.118. The molecule has 0 fully saturated rings. The molecule has 0 bridgehead atoms. The highest BCUT2D eigenvalue weighted by Gasteiger charge is 2.24. The van der Waals surface area contributed by atoms with Crippen LogP contribution in [-0.4, -0.2) is 23.0 Å². The summed E-state index contributed by atoms with van der Waals surface area (Å²) >= 11 is 0. The number of benzene rings is 1. The van der Waals surface area contributed by atoms with E-state index in [1.54, 1.807) is 19.1 Å². The Morgan fingerprint density at radius 3 is 2.58 bits per heavy atom. The van der Waals surface area contributed by atoms with Crippen LogP contribution >= 0.6 is 0 Å². The number of rotatable bonds is 6. The lowest BCUT2D eigenvalue weighted by Crippen LogP contribution is -2.44. The summed E-state index contributed by atoms with van der Waals surface area (Å²) in [6.07, 6.45) is 0.406. The Balaban J connectivity index is 2.11. The zero-order chi connectivity index (χ0) is 17.7. The van der Waals surface area contributed by atoms with E-state index in [4.69, 9.17) is 4.52 Å². The van der Waals surface area contributed by atoms with Crippen molar-refractivity contribution >= 4 is 17.6 Å². The molecule has 0 saturated carbocycles. The molecule has 0 saturated heterocycles. The molecule has 1 aromatic carbocycles. The second-order valence-electron chi connectivity index (χ2n) is 5.95. The van der Waals surface area contributed by atoms with Crippen LogP contribution in [0.25, 0.3) is 0 Å². The molecule has 0 aliphatic rings. The van der Waals surface area contributed by atoms with Gasteiger partial charge in [-0.3, -0.25) is 9.59 Å². The normalized spacial score (nSPS) is 12.0. The third-order valence-corrected chi connectivity index (χ3v) is 3.33. The van der Waals surface area contributed by atoms with Gasteiger partial charge in [0.25, 0.3) is 5.91 Å². The summed E-state index contributed by atoms with van der Waals surface area (Å²) in [7, 11) is 0.